The average Bonchev–Trinajstić information content (AvgIpc) is 2.17. The molecule has 0 saturated heterocycles. The largest absolute Gasteiger partial charge is 0.388 e. The van der Waals surface area contributed by atoms with Crippen molar-refractivity contribution < 1.29 is 5.11 Å². The molecule has 78 valence electrons. The lowest BCUT2D eigenvalue weighted by atomic mass is 10.0. The Balaban J connectivity index is 2.50. The van der Waals surface area contributed by atoms with Crippen LogP contribution in [0.25, 0.3) is 0 Å². The quantitative estimate of drug-likeness (QED) is 0.657. The highest BCUT2D eigenvalue weighted by atomic mass is 16.3. The Morgan fingerprint density at radius 3 is 2.71 bits per heavy atom. The maximum Gasteiger partial charge on any atom is 0.148 e. The van der Waals surface area contributed by atoms with Crippen molar-refractivity contribution >= 4 is 11.6 Å². The van der Waals surface area contributed by atoms with Crippen molar-refractivity contribution in [2.24, 2.45) is 0 Å². The van der Waals surface area contributed by atoms with Crippen LogP contribution < -0.4 is 11.1 Å². The average molecular weight is 196 g/mol. The third kappa shape index (κ3) is 3.18. The molecule has 1 heterocycles. The molecule has 0 aromatic carbocycles. The Labute approximate surface area is 83.3 Å². The summed E-state index contributed by atoms with van der Waals surface area (Å²) in [5.41, 5.74) is 4.66. The van der Waals surface area contributed by atoms with Gasteiger partial charge in [-0.05, 0) is 25.5 Å². The fraction of sp³-hybridized carbons (Fsp3) is 0.556. The number of anilines is 2. The van der Waals surface area contributed by atoms with Crippen LogP contribution in [0.3, 0.4) is 0 Å². The van der Waals surface area contributed by atoms with Crippen LogP contribution in [0.4, 0.5) is 11.6 Å². The number of nitrogens with zero attached hydrogens (tertiary/aromatic N) is 2. The van der Waals surface area contributed by atoms with Crippen molar-refractivity contribution in [3.63, 3.8) is 0 Å². The smallest absolute Gasteiger partial charge is 0.148 e. The van der Waals surface area contributed by atoms with Gasteiger partial charge in [-0.1, -0.05) is 6.92 Å². The van der Waals surface area contributed by atoms with Gasteiger partial charge in [0.05, 0.1) is 5.60 Å². The normalized spacial score (nSPS) is 14.8. The van der Waals surface area contributed by atoms with Gasteiger partial charge in [0.25, 0.3) is 0 Å². The maximum atomic E-state index is 9.70. The van der Waals surface area contributed by atoms with Gasteiger partial charge in [0.1, 0.15) is 11.6 Å². The molecule has 1 unspecified atom stereocenters. The molecule has 5 heteroatoms. The Morgan fingerprint density at radius 1 is 1.50 bits per heavy atom. The lowest BCUT2D eigenvalue weighted by Gasteiger charge is -2.21. The van der Waals surface area contributed by atoms with Crippen molar-refractivity contribution in [3.8, 4) is 0 Å². The van der Waals surface area contributed by atoms with Crippen LogP contribution in [0.2, 0.25) is 0 Å². The number of hydrogen-bond acceptors (Lipinski definition) is 5. The van der Waals surface area contributed by atoms with Crippen LogP contribution in [0.1, 0.15) is 20.3 Å². The second-order valence-electron chi connectivity index (χ2n) is 3.55. The molecule has 0 aliphatic carbocycles. The predicted octanol–water partition coefficient (Wildman–Crippen LogP) is 0.632. The first-order valence-corrected chi connectivity index (χ1v) is 4.59. The highest BCUT2D eigenvalue weighted by Gasteiger charge is 2.16. The van der Waals surface area contributed by atoms with Gasteiger partial charge in [-0.25, -0.2) is 0 Å². The zero-order chi connectivity index (χ0) is 10.6. The first-order chi connectivity index (χ1) is 6.53. The molecule has 14 heavy (non-hydrogen) atoms. The summed E-state index contributed by atoms with van der Waals surface area (Å²) in [6.07, 6.45) is 0.683. The number of nitrogen functional groups attached to an aromatic ring is 1. The maximum absolute atomic E-state index is 9.70. The molecular weight excluding hydrogens is 180 g/mol. The van der Waals surface area contributed by atoms with Gasteiger partial charge >= 0.3 is 0 Å². The molecule has 1 aromatic heterocycles. The van der Waals surface area contributed by atoms with Gasteiger partial charge in [-0.2, -0.15) is 0 Å². The van der Waals surface area contributed by atoms with Crippen molar-refractivity contribution in [1.29, 1.82) is 0 Å². The molecule has 4 N–H and O–H groups in total. The van der Waals surface area contributed by atoms with E-state index in [0.717, 1.165) is 0 Å². The summed E-state index contributed by atoms with van der Waals surface area (Å²) in [7, 11) is 0. The molecule has 0 spiro atoms. The Hall–Kier alpha value is -1.36. The molecule has 0 aliphatic rings. The van der Waals surface area contributed by atoms with E-state index in [1.807, 2.05) is 6.92 Å². The highest BCUT2D eigenvalue weighted by molar-refractivity contribution is 5.38. The molecule has 1 atom stereocenters. The molecule has 1 rings (SSSR count). The molecule has 1 aromatic rings. The van der Waals surface area contributed by atoms with Crippen molar-refractivity contribution in [2.45, 2.75) is 25.9 Å². The number of nitrogens with one attached hydrogen (secondary N) is 1. The molecule has 0 amide bonds. The van der Waals surface area contributed by atoms with E-state index in [2.05, 4.69) is 15.5 Å². The molecule has 0 bridgehead atoms. The summed E-state index contributed by atoms with van der Waals surface area (Å²) < 4.78 is 0. The van der Waals surface area contributed by atoms with Gasteiger partial charge in [0, 0.05) is 6.54 Å². The Morgan fingerprint density at radius 2 is 2.21 bits per heavy atom. The van der Waals surface area contributed by atoms with Gasteiger partial charge in [0.2, 0.25) is 0 Å². The third-order valence-corrected chi connectivity index (χ3v) is 2.10. The summed E-state index contributed by atoms with van der Waals surface area (Å²) >= 11 is 0. The summed E-state index contributed by atoms with van der Waals surface area (Å²) in [6, 6.07) is 3.39. The van der Waals surface area contributed by atoms with Crippen LogP contribution in [0.5, 0.6) is 0 Å². The van der Waals surface area contributed by atoms with Crippen LogP contribution in [0, 0.1) is 0 Å². The van der Waals surface area contributed by atoms with E-state index in [9.17, 15) is 5.11 Å². The molecular formula is C9H16N4O. The zero-order valence-corrected chi connectivity index (χ0v) is 8.49. The molecule has 0 fully saturated rings. The molecule has 0 radical (unpaired) electrons. The minimum Gasteiger partial charge on any atom is -0.388 e. The fourth-order valence-electron chi connectivity index (χ4n) is 0.843. The number of nitrogens with two attached hydrogens (primary N) is 1. The van der Waals surface area contributed by atoms with Gasteiger partial charge in [0.15, 0.2) is 0 Å². The highest BCUT2D eigenvalue weighted by Crippen LogP contribution is 2.10. The van der Waals surface area contributed by atoms with Crippen molar-refractivity contribution in [2.75, 3.05) is 17.6 Å². The van der Waals surface area contributed by atoms with E-state index in [0.29, 0.717) is 24.6 Å². The van der Waals surface area contributed by atoms with Gasteiger partial charge in [-0.15, -0.1) is 10.2 Å². The van der Waals surface area contributed by atoms with Crippen molar-refractivity contribution in [3.05, 3.63) is 12.1 Å². The van der Waals surface area contributed by atoms with Gasteiger partial charge < -0.3 is 16.2 Å². The second-order valence-corrected chi connectivity index (χ2v) is 3.55. The standard InChI is InChI=1S/C9H16N4O/c1-3-9(2,14)6-11-8-5-4-7(10)12-13-8/h4-5,14H,3,6H2,1-2H3,(H2,10,12)(H,11,13). The van der Waals surface area contributed by atoms with E-state index >= 15 is 0 Å². The summed E-state index contributed by atoms with van der Waals surface area (Å²) in [5, 5.41) is 20.2. The zero-order valence-electron chi connectivity index (χ0n) is 8.49. The lowest BCUT2D eigenvalue weighted by Crippen LogP contribution is -2.32. The summed E-state index contributed by atoms with van der Waals surface area (Å²) in [4.78, 5) is 0. The number of aliphatic hydroxyl groups is 1. The lowest BCUT2D eigenvalue weighted by molar-refractivity contribution is 0.0696. The van der Waals surface area contributed by atoms with Crippen LogP contribution in [0.15, 0.2) is 12.1 Å². The molecule has 5 nitrogen and oxygen atoms in total. The molecule has 0 saturated carbocycles. The number of aromatic nitrogens is 2. The number of rotatable bonds is 4. The van der Waals surface area contributed by atoms with E-state index in [1.165, 1.54) is 0 Å². The van der Waals surface area contributed by atoms with E-state index in [1.54, 1.807) is 19.1 Å². The summed E-state index contributed by atoms with van der Waals surface area (Å²) in [5.74, 6) is 1.01. The SMILES string of the molecule is CCC(C)(O)CNc1ccc(N)nn1. The third-order valence-electron chi connectivity index (χ3n) is 2.10. The first kappa shape index (κ1) is 10.7. The molecule has 0 aliphatic heterocycles. The minimum absolute atomic E-state index is 0.387. The van der Waals surface area contributed by atoms with E-state index in [4.69, 9.17) is 5.73 Å². The van der Waals surface area contributed by atoms with E-state index in [-0.39, 0.29) is 0 Å². The topological polar surface area (TPSA) is 84.1 Å². The second kappa shape index (κ2) is 4.23. The monoisotopic (exact) mass is 196 g/mol. The Kier molecular flexibility index (Phi) is 3.24. The van der Waals surface area contributed by atoms with Crippen LogP contribution in [-0.4, -0.2) is 27.4 Å². The fourth-order valence-corrected chi connectivity index (χ4v) is 0.843. The van der Waals surface area contributed by atoms with Crippen LogP contribution >= 0.6 is 0 Å². The first-order valence-electron chi connectivity index (χ1n) is 4.59. The number of hydrogen-bond donors (Lipinski definition) is 3. The summed E-state index contributed by atoms with van der Waals surface area (Å²) in [6.45, 7) is 4.14. The predicted molar refractivity (Wildman–Crippen MR) is 55.8 cm³/mol. The van der Waals surface area contributed by atoms with Crippen molar-refractivity contribution in [1.82, 2.24) is 10.2 Å². The van der Waals surface area contributed by atoms with Crippen LogP contribution in [-0.2, 0) is 0 Å². The Bertz CT molecular complexity index is 283. The van der Waals surface area contributed by atoms with Gasteiger partial charge in [-0.3, -0.25) is 0 Å². The minimum atomic E-state index is -0.719. The van der Waals surface area contributed by atoms with E-state index < -0.39 is 5.60 Å².